The van der Waals surface area contributed by atoms with E-state index in [-0.39, 0.29) is 15.6 Å². The summed E-state index contributed by atoms with van der Waals surface area (Å²) in [6, 6.07) is 8.40. The van der Waals surface area contributed by atoms with Gasteiger partial charge in [-0.2, -0.15) is 4.31 Å². The highest BCUT2D eigenvalue weighted by Crippen LogP contribution is 2.38. The minimum Gasteiger partial charge on any atom is -0.320 e. The van der Waals surface area contributed by atoms with Crippen molar-refractivity contribution in [2.75, 3.05) is 11.9 Å². The second-order valence-corrected chi connectivity index (χ2v) is 10.1. The molecule has 2 aromatic carbocycles. The third-order valence-electron chi connectivity index (χ3n) is 4.70. The van der Waals surface area contributed by atoms with Crippen LogP contribution in [-0.2, 0) is 10.0 Å². The third-order valence-corrected chi connectivity index (χ3v) is 7.87. The summed E-state index contributed by atoms with van der Waals surface area (Å²) in [5.74, 6) is -2.78. The molecule has 0 aliphatic carbocycles. The first-order valence-electron chi connectivity index (χ1n) is 9.13. The average Bonchev–Trinajstić information content (AvgIpc) is 3.40. The Labute approximate surface area is 185 Å². The van der Waals surface area contributed by atoms with Gasteiger partial charge in [-0.05, 0) is 43.2 Å². The van der Waals surface area contributed by atoms with Crippen LogP contribution in [-0.4, -0.2) is 35.4 Å². The van der Waals surface area contributed by atoms with Gasteiger partial charge < -0.3 is 5.32 Å². The number of rotatable bonds is 5. The van der Waals surface area contributed by atoms with Crippen molar-refractivity contribution in [2.45, 2.75) is 23.8 Å². The highest BCUT2D eigenvalue weighted by atomic mass is 35.5. The number of halogens is 3. The van der Waals surface area contributed by atoms with E-state index in [1.54, 1.807) is 12.1 Å². The van der Waals surface area contributed by atoms with Gasteiger partial charge in [0.2, 0.25) is 15.0 Å². The summed E-state index contributed by atoms with van der Waals surface area (Å²) < 4.78 is 53.9. The number of benzene rings is 2. The van der Waals surface area contributed by atoms with E-state index in [1.165, 1.54) is 22.5 Å². The maximum atomic E-state index is 13.3. The van der Waals surface area contributed by atoms with Crippen molar-refractivity contribution in [1.29, 1.82) is 0 Å². The van der Waals surface area contributed by atoms with Crippen molar-refractivity contribution in [1.82, 2.24) is 14.5 Å². The molecule has 1 amide bonds. The predicted octanol–water partition coefficient (Wildman–Crippen LogP) is 4.25. The van der Waals surface area contributed by atoms with E-state index in [2.05, 4.69) is 15.5 Å². The zero-order valence-corrected chi connectivity index (χ0v) is 18.1. The van der Waals surface area contributed by atoms with Crippen molar-refractivity contribution in [3.05, 3.63) is 69.1 Å². The molecule has 1 atom stereocenters. The lowest BCUT2D eigenvalue weighted by Gasteiger charge is -2.22. The second-order valence-electron chi connectivity index (χ2n) is 6.76. The normalized spacial score (nSPS) is 17.1. The molecule has 0 radical (unpaired) electrons. The summed E-state index contributed by atoms with van der Waals surface area (Å²) in [7, 11) is -3.82. The zero-order chi connectivity index (χ0) is 22.2. The molecule has 7 nitrogen and oxygen atoms in total. The summed E-state index contributed by atoms with van der Waals surface area (Å²) in [5.41, 5.74) is 0.0617. The van der Waals surface area contributed by atoms with Gasteiger partial charge in [0.1, 0.15) is 5.01 Å². The minimum atomic E-state index is -3.82. The summed E-state index contributed by atoms with van der Waals surface area (Å²) in [6.45, 7) is 0.301. The number of carbonyl (C=O) groups is 1. The van der Waals surface area contributed by atoms with Crippen molar-refractivity contribution in [3.63, 3.8) is 0 Å². The Balaban J connectivity index is 1.55. The molecule has 1 aliphatic heterocycles. The van der Waals surface area contributed by atoms with Crippen LogP contribution in [0.15, 0.2) is 47.4 Å². The molecule has 12 heteroatoms. The Morgan fingerprint density at radius 3 is 2.71 bits per heavy atom. The van der Waals surface area contributed by atoms with Gasteiger partial charge in [0, 0.05) is 23.3 Å². The van der Waals surface area contributed by atoms with Crippen molar-refractivity contribution >= 4 is 44.6 Å². The van der Waals surface area contributed by atoms with Gasteiger partial charge in [0.25, 0.3) is 5.91 Å². The fourth-order valence-corrected chi connectivity index (χ4v) is 6.17. The fraction of sp³-hybridized carbons (Fsp3) is 0.211. The molecule has 0 spiro atoms. The molecule has 3 aromatic rings. The number of nitrogens with zero attached hydrogens (tertiary/aromatic N) is 3. The number of sulfonamides is 1. The van der Waals surface area contributed by atoms with Crippen LogP contribution in [0, 0.1) is 11.6 Å². The Morgan fingerprint density at radius 2 is 1.97 bits per heavy atom. The summed E-state index contributed by atoms with van der Waals surface area (Å²) in [6.07, 6.45) is 1.15. The number of nitrogens with one attached hydrogen (secondary N) is 1. The molecular weight excluding hydrogens is 470 g/mol. The Bertz CT molecular complexity index is 1250. The van der Waals surface area contributed by atoms with E-state index in [9.17, 15) is 22.0 Å². The minimum absolute atomic E-state index is 0.0215. The van der Waals surface area contributed by atoms with Gasteiger partial charge >= 0.3 is 0 Å². The molecule has 0 bridgehead atoms. The molecule has 2 heterocycles. The number of anilines is 1. The molecule has 1 saturated heterocycles. The van der Waals surface area contributed by atoms with Gasteiger partial charge in [-0.1, -0.05) is 29.0 Å². The van der Waals surface area contributed by atoms with Crippen LogP contribution >= 0.6 is 22.9 Å². The Hall–Kier alpha value is -2.47. The van der Waals surface area contributed by atoms with Gasteiger partial charge in [0.05, 0.1) is 10.9 Å². The SMILES string of the molecule is O=C(Nc1ccc(F)c(F)c1)c1nnc([C@@H]2CCCN2S(=O)(=O)c2cccc(Cl)c2)s1. The predicted molar refractivity (Wildman–Crippen MR) is 112 cm³/mol. The molecular formula is C19H15ClF2N4O3S2. The molecule has 162 valence electrons. The zero-order valence-electron chi connectivity index (χ0n) is 15.8. The summed E-state index contributed by atoms with van der Waals surface area (Å²) in [5, 5.41) is 10.9. The number of hydrogen-bond donors (Lipinski definition) is 1. The molecule has 4 rings (SSSR count). The van der Waals surface area contributed by atoms with Crippen LogP contribution in [0.3, 0.4) is 0 Å². The quantitative estimate of drug-likeness (QED) is 0.584. The maximum absolute atomic E-state index is 13.3. The first-order valence-corrected chi connectivity index (χ1v) is 11.8. The van der Waals surface area contributed by atoms with Crippen molar-refractivity contribution in [2.24, 2.45) is 0 Å². The molecule has 1 aliphatic rings. The van der Waals surface area contributed by atoms with E-state index < -0.39 is 33.6 Å². The lowest BCUT2D eigenvalue weighted by Crippen LogP contribution is -2.30. The number of amides is 1. The van der Waals surface area contributed by atoms with Crippen LogP contribution in [0.2, 0.25) is 5.02 Å². The topological polar surface area (TPSA) is 92.3 Å². The van der Waals surface area contributed by atoms with E-state index in [1.807, 2.05) is 0 Å². The van der Waals surface area contributed by atoms with Crippen LogP contribution in [0.1, 0.15) is 33.7 Å². The van der Waals surface area contributed by atoms with Crippen LogP contribution in [0.25, 0.3) is 0 Å². The maximum Gasteiger partial charge on any atom is 0.286 e. The van der Waals surface area contributed by atoms with Gasteiger partial charge in [0.15, 0.2) is 11.6 Å². The Kier molecular flexibility index (Phi) is 6.02. The standard InChI is InChI=1S/C19H15ClF2N4O3S2/c20-11-3-1-4-13(9-11)31(28,29)26-8-2-5-16(26)18-24-25-19(30-18)17(27)23-12-6-7-14(21)15(22)10-12/h1,3-4,6-7,9-10,16H,2,5,8H2,(H,23,27)/t16-/m0/s1. The first kappa shape index (κ1) is 21.8. The molecule has 1 N–H and O–H groups in total. The molecule has 0 saturated carbocycles. The van der Waals surface area contributed by atoms with Gasteiger partial charge in [-0.3, -0.25) is 4.79 Å². The van der Waals surface area contributed by atoms with E-state index in [0.717, 1.165) is 23.5 Å². The Morgan fingerprint density at radius 1 is 1.16 bits per heavy atom. The monoisotopic (exact) mass is 484 g/mol. The number of hydrogen-bond acceptors (Lipinski definition) is 6. The van der Waals surface area contributed by atoms with Crippen LogP contribution in [0.4, 0.5) is 14.5 Å². The van der Waals surface area contributed by atoms with Crippen molar-refractivity contribution in [3.8, 4) is 0 Å². The smallest absolute Gasteiger partial charge is 0.286 e. The lowest BCUT2D eigenvalue weighted by molar-refractivity contribution is 0.102. The molecule has 0 unspecified atom stereocenters. The van der Waals surface area contributed by atoms with Crippen molar-refractivity contribution < 1.29 is 22.0 Å². The lowest BCUT2D eigenvalue weighted by atomic mass is 10.2. The summed E-state index contributed by atoms with van der Waals surface area (Å²) in [4.78, 5) is 12.5. The highest BCUT2D eigenvalue weighted by molar-refractivity contribution is 7.89. The summed E-state index contributed by atoms with van der Waals surface area (Å²) >= 11 is 6.89. The van der Waals surface area contributed by atoms with Gasteiger partial charge in [-0.15, -0.1) is 10.2 Å². The number of carbonyl (C=O) groups excluding carboxylic acids is 1. The fourth-order valence-electron chi connectivity index (χ4n) is 3.26. The second kappa shape index (κ2) is 8.58. The van der Waals surface area contributed by atoms with Crippen LogP contribution < -0.4 is 5.32 Å². The average molecular weight is 485 g/mol. The molecule has 1 fully saturated rings. The van der Waals surface area contributed by atoms with E-state index in [0.29, 0.717) is 29.4 Å². The third kappa shape index (κ3) is 4.45. The molecule has 1 aromatic heterocycles. The molecule has 31 heavy (non-hydrogen) atoms. The first-order chi connectivity index (χ1) is 14.8. The van der Waals surface area contributed by atoms with E-state index >= 15 is 0 Å². The largest absolute Gasteiger partial charge is 0.320 e. The number of aromatic nitrogens is 2. The highest BCUT2D eigenvalue weighted by Gasteiger charge is 2.38. The van der Waals surface area contributed by atoms with Gasteiger partial charge in [-0.25, -0.2) is 17.2 Å². The van der Waals surface area contributed by atoms with E-state index in [4.69, 9.17) is 11.6 Å². The van der Waals surface area contributed by atoms with Crippen LogP contribution in [0.5, 0.6) is 0 Å².